The number of aromatic amines is 2. The molecule has 10 heteroatoms. The average Bonchev–Trinajstić information content (AvgIpc) is 3.85. The van der Waals surface area contributed by atoms with E-state index >= 15 is 0 Å². The topological polar surface area (TPSA) is 74.4 Å². The fourth-order valence-corrected chi connectivity index (χ4v) is 14.6. The molecule has 2 heterocycles. The van der Waals surface area contributed by atoms with E-state index in [0.29, 0.717) is 9.19 Å². The first-order valence-electron chi connectivity index (χ1n) is 17.1. The van der Waals surface area contributed by atoms with Gasteiger partial charge in [0.05, 0.1) is 0 Å². The first kappa shape index (κ1) is 37.3. The van der Waals surface area contributed by atoms with Gasteiger partial charge in [-0.2, -0.15) is 9.97 Å². The zero-order valence-corrected chi connectivity index (χ0v) is 33.9. The summed E-state index contributed by atoms with van der Waals surface area (Å²) < 4.78 is 2.32. The van der Waals surface area contributed by atoms with Crippen LogP contribution in [0.4, 0.5) is 0 Å². The van der Waals surface area contributed by atoms with Gasteiger partial charge in [-0.15, -0.1) is 8.79 Å². The molecule has 4 nitrogen and oxygen atoms in total. The van der Waals surface area contributed by atoms with Crippen LogP contribution in [0.25, 0.3) is 41.6 Å². The van der Waals surface area contributed by atoms with Crippen molar-refractivity contribution in [3.8, 4) is 32.6 Å². The number of nitrogens with one attached hydrogen (secondary N) is 2. The van der Waals surface area contributed by atoms with Gasteiger partial charge in [0.1, 0.15) is 18.6 Å². The minimum atomic E-state index is -2.67. The van der Waals surface area contributed by atoms with E-state index < -0.39 is 8.07 Å². The maximum absolute atomic E-state index is 13.2. The number of hydrogen-bond donors (Lipinski definition) is 0. The van der Waals surface area contributed by atoms with Gasteiger partial charge in [-0.1, -0.05) is 179 Å². The van der Waals surface area contributed by atoms with E-state index in [9.17, 15) is 10.2 Å². The maximum atomic E-state index is 13.2. The number of H-pyrrole nitrogens is 2. The van der Waals surface area contributed by atoms with Gasteiger partial charge >= 0.3 is 10.1 Å². The van der Waals surface area contributed by atoms with Crippen molar-refractivity contribution >= 4 is 105 Å². The SMILES string of the molecule is [Be+2].[O-]c1ccc([Si](c2ccccc2)(c2ccccc2)c2ccccc2)cc1-c1[nH+]c2ccccc2s1.[O-]c1ccc([Si]P)cc1-c1[nH+]c2ccccc2s1. The van der Waals surface area contributed by atoms with Crippen LogP contribution in [0.3, 0.4) is 0 Å². The van der Waals surface area contributed by atoms with Crippen molar-refractivity contribution in [2.45, 2.75) is 0 Å². The first-order chi connectivity index (χ1) is 26.0. The number of benzene rings is 7. The molecule has 7 aromatic carbocycles. The number of rotatable bonds is 7. The Hall–Kier alpha value is -5.05. The van der Waals surface area contributed by atoms with E-state index in [2.05, 4.69) is 140 Å². The first-order valence-corrected chi connectivity index (χ1v) is 23.6. The van der Waals surface area contributed by atoms with E-state index in [1.807, 2.05) is 42.5 Å². The van der Waals surface area contributed by atoms with Crippen molar-refractivity contribution in [1.82, 2.24) is 0 Å². The Kier molecular flexibility index (Phi) is 11.4. The molecule has 0 spiro atoms. The van der Waals surface area contributed by atoms with E-state index in [0.717, 1.165) is 36.9 Å². The molecule has 0 saturated carbocycles. The molecular weight excluding hydrogens is 749 g/mol. The second-order valence-corrected chi connectivity index (χ2v) is 20.2. The van der Waals surface area contributed by atoms with Gasteiger partial charge in [0.15, 0.2) is 8.07 Å². The fourth-order valence-electron chi connectivity index (χ4n) is 6.88. The van der Waals surface area contributed by atoms with Crippen LogP contribution in [0.2, 0.25) is 0 Å². The maximum Gasteiger partial charge on any atom is 2.00 e. The number of para-hydroxylation sites is 2. The van der Waals surface area contributed by atoms with Crippen LogP contribution in [-0.4, -0.2) is 27.4 Å². The van der Waals surface area contributed by atoms with Gasteiger partial charge in [-0.3, -0.25) is 0 Å². The smallest absolute Gasteiger partial charge is 0.872 e. The van der Waals surface area contributed by atoms with Gasteiger partial charge in [-0.05, 0) is 45.0 Å². The molecule has 1 atom stereocenters. The summed E-state index contributed by atoms with van der Waals surface area (Å²) in [6.45, 7) is 0. The fraction of sp³-hybridized carbons (Fsp3) is 0. The van der Waals surface area contributed by atoms with Crippen LogP contribution in [0.5, 0.6) is 11.5 Å². The van der Waals surface area contributed by atoms with E-state index in [1.54, 1.807) is 34.8 Å². The summed E-state index contributed by atoms with van der Waals surface area (Å²) in [7, 11) is 0.660. The molecule has 0 aliphatic carbocycles. The molecule has 0 bridgehead atoms. The summed E-state index contributed by atoms with van der Waals surface area (Å²) in [4.78, 5) is 6.80. The predicted octanol–water partition coefficient (Wildman–Crippen LogP) is 5.03. The molecule has 2 radical (unpaired) electrons. The summed E-state index contributed by atoms with van der Waals surface area (Å²) in [6.07, 6.45) is 0. The van der Waals surface area contributed by atoms with Gasteiger partial charge in [0, 0.05) is 23.3 Å². The predicted molar refractivity (Wildman–Crippen MR) is 231 cm³/mol. The second-order valence-electron chi connectivity index (χ2n) is 12.5. The molecule has 0 saturated heterocycles. The molecule has 0 aliphatic rings. The number of thiazole rings is 2. The molecule has 0 amide bonds. The van der Waals surface area contributed by atoms with Crippen molar-refractivity contribution in [2.24, 2.45) is 0 Å². The Labute approximate surface area is 332 Å². The Morgan fingerprint density at radius 1 is 0.463 bits per heavy atom. The molecule has 0 aliphatic heterocycles. The number of aromatic nitrogens is 2. The Morgan fingerprint density at radius 2 is 0.870 bits per heavy atom. The largest absolute Gasteiger partial charge is 2.00 e. The van der Waals surface area contributed by atoms with Crippen molar-refractivity contribution in [3.63, 3.8) is 0 Å². The summed E-state index contributed by atoms with van der Waals surface area (Å²) in [5.41, 5.74) is 3.62. The Bertz CT molecular complexity index is 2500. The van der Waals surface area contributed by atoms with Crippen LogP contribution in [0.1, 0.15) is 0 Å². The monoisotopic (exact) mass is 781 g/mol. The summed E-state index contributed by atoms with van der Waals surface area (Å²) in [6, 6.07) is 60.1. The van der Waals surface area contributed by atoms with Gasteiger partial charge in [-0.25, -0.2) is 0 Å². The second kappa shape index (κ2) is 16.5. The normalized spacial score (nSPS) is 11.1. The van der Waals surface area contributed by atoms with Crippen molar-refractivity contribution in [3.05, 3.63) is 176 Å². The van der Waals surface area contributed by atoms with Gasteiger partial charge in [0.25, 0.3) is 10.0 Å². The molecule has 1 unspecified atom stereocenters. The van der Waals surface area contributed by atoms with Crippen LogP contribution in [-0.2, 0) is 0 Å². The Morgan fingerprint density at radius 3 is 1.31 bits per heavy atom. The average molecular weight is 782 g/mol. The van der Waals surface area contributed by atoms with Crippen molar-refractivity contribution in [1.29, 1.82) is 0 Å². The molecule has 9 rings (SSSR count). The molecule has 0 fully saturated rings. The zero-order valence-electron chi connectivity index (χ0n) is 29.2. The van der Waals surface area contributed by atoms with Crippen molar-refractivity contribution in [2.75, 3.05) is 0 Å². The third kappa shape index (κ3) is 7.25. The molecule has 2 aromatic heterocycles. The Balaban J connectivity index is 0.000000200. The molecule has 256 valence electrons. The zero-order chi connectivity index (χ0) is 36.2. The molecule has 9 aromatic rings. The van der Waals surface area contributed by atoms with Crippen molar-refractivity contribution < 1.29 is 20.2 Å². The van der Waals surface area contributed by atoms with Crippen LogP contribution < -0.4 is 46.1 Å². The molecular formula is C44H33BeN2O2PS2Si2+2. The van der Waals surface area contributed by atoms with Gasteiger partial charge in [0.2, 0.25) is 11.0 Å². The van der Waals surface area contributed by atoms with E-state index in [-0.39, 0.29) is 21.6 Å². The van der Waals surface area contributed by atoms with Crippen LogP contribution >= 0.6 is 31.5 Å². The van der Waals surface area contributed by atoms with Gasteiger partial charge < -0.3 is 10.2 Å². The quantitative estimate of drug-likeness (QED) is 0.129. The third-order valence-corrected chi connectivity index (χ3v) is 18.0. The standard InChI is InChI=1S/C31H23NOSSi.C13H10NOPSSi.Be/c33-29-21-20-26(22-27(29)31-32-28-18-10-11-19-30(28)34-31)35(23-12-4-1-5-13-23,24-14-6-2-7-15-24)25-16-8-3-9-17-25;15-11-6-5-8(18-16)7-9(11)13-14-10-3-1-2-4-12(10)17-13;/h1-22,33H;1-7,15H,16H2;/q;;+2. The van der Waals surface area contributed by atoms with Crippen LogP contribution in [0, 0.1) is 0 Å². The molecule has 54 heavy (non-hydrogen) atoms. The molecule has 2 N–H and O–H groups in total. The minimum absolute atomic E-state index is 0. The summed E-state index contributed by atoms with van der Waals surface area (Å²) >= 11 is 3.26. The summed E-state index contributed by atoms with van der Waals surface area (Å²) in [5, 5.41) is 33.2. The van der Waals surface area contributed by atoms with E-state index in [4.69, 9.17) is 0 Å². The minimum Gasteiger partial charge on any atom is -0.872 e. The number of hydrogen-bond acceptors (Lipinski definition) is 4. The van der Waals surface area contributed by atoms with E-state index in [1.165, 1.54) is 30.6 Å². The number of fused-ring (bicyclic) bond motifs is 2. The van der Waals surface area contributed by atoms with Crippen LogP contribution in [0.15, 0.2) is 176 Å². The summed E-state index contributed by atoms with van der Waals surface area (Å²) in [5.74, 6) is 0.110. The third-order valence-electron chi connectivity index (χ3n) is 9.36.